The molecule has 0 amide bonds. The van der Waals surface area contributed by atoms with Crippen LogP contribution in [-0.2, 0) is 4.74 Å². The van der Waals surface area contributed by atoms with Crippen molar-refractivity contribution in [1.82, 2.24) is 4.90 Å². The number of hydrogen-bond acceptors (Lipinski definition) is 4. The highest BCUT2D eigenvalue weighted by atomic mass is 16.5. The van der Waals surface area contributed by atoms with Crippen molar-refractivity contribution in [3.8, 4) is 0 Å². The second kappa shape index (κ2) is 5.80. The van der Waals surface area contributed by atoms with Crippen LogP contribution in [0.1, 0.15) is 26.7 Å². The fourth-order valence-corrected chi connectivity index (χ4v) is 1.92. The molecule has 0 radical (unpaired) electrons. The zero-order valence-electron chi connectivity index (χ0n) is 9.78. The third-order valence-corrected chi connectivity index (χ3v) is 3.26. The molecule has 2 N–H and O–H groups in total. The van der Waals surface area contributed by atoms with Gasteiger partial charge in [-0.2, -0.15) is 0 Å². The Balaban J connectivity index is 2.43. The Morgan fingerprint density at radius 2 is 2.07 bits per heavy atom. The van der Waals surface area contributed by atoms with Crippen molar-refractivity contribution in [1.29, 1.82) is 0 Å². The topological polar surface area (TPSA) is 52.9 Å². The van der Waals surface area contributed by atoms with Gasteiger partial charge in [-0.25, -0.2) is 0 Å². The van der Waals surface area contributed by atoms with E-state index in [9.17, 15) is 5.11 Å². The molecule has 1 aliphatic rings. The molecule has 1 unspecified atom stereocenters. The average Bonchev–Trinajstić information content (AvgIpc) is 2.29. The van der Waals surface area contributed by atoms with Gasteiger partial charge in [-0.05, 0) is 12.8 Å². The summed E-state index contributed by atoms with van der Waals surface area (Å²) in [6.45, 7) is 6.97. The molecule has 1 saturated heterocycles. The molecular formula is C11H23NO3. The predicted octanol–water partition coefficient (Wildman–Crippen LogP) is 0.231. The van der Waals surface area contributed by atoms with Gasteiger partial charge >= 0.3 is 0 Å². The molecule has 4 heteroatoms. The Bertz CT molecular complexity index is 183. The summed E-state index contributed by atoms with van der Waals surface area (Å²) < 4.78 is 5.37. The molecule has 1 rings (SSSR count). The number of aliphatic hydroxyl groups is 2. The van der Waals surface area contributed by atoms with Crippen LogP contribution < -0.4 is 0 Å². The normalized spacial score (nSPS) is 24.4. The SMILES string of the molecule is CCC(O)(CC)CN1CCOC(CO)C1. The van der Waals surface area contributed by atoms with E-state index in [0.717, 1.165) is 25.9 Å². The zero-order valence-corrected chi connectivity index (χ0v) is 9.78. The fourth-order valence-electron chi connectivity index (χ4n) is 1.92. The summed E-state index contributed by atoms with van der Waals surface area (Å²) in [6, 6.07) is 0. The summed E-state index contributed by atoms with van der Waals surface area (Å²) in [5.41, 5.74) is -0.586. The van der Waals surface area contributed by atoms with Crippen LogP contribution in [0, 0.1) is 0 Å². The van der Waals surface area contributed by atoms with Crippen LogP contribution in [-0.4, -0.2) is 59.7 Å². The second-order valence-corrected chi connectivity index (χ2v) is 4.34. The van der Waals surface area contributed by atoms with Crippen LogP contribution in [0.4, 0.5) is 0 Å². The smallest absolute Gasteiger partial charge is 0.0932 e. The maximum Gasteiger partial charge on any atom is 0.0932 e. The van der Waals surface area contributed by atoms with Gasteiger partial charge in [0.15, 0.2) is 0 Å². The first kappa shape index (κ1) is 12.9. The maximum atomic E-state index is 10.2. The van der Waals surface area contributed by atoms with Crippen molar-refractivity contribution in [2.24, 2.45) is 0 Å². The number of ether oxygens (including phenoxy) is 1. The number of nitrogens with zero attached hydrogens (tertiary/aromatic N) is 1. The van der Waals surface area contributed by atoms with Gasteiger partial charge in [0.2, 0.25) is 0 Å². The van der Waals surface area contributed by atoms with E-state index in [-0.39, 0.29) is 12.7 Å². The Morgan fingerprint density at radius 3 is 2.60 bits per heavy atom. The molecule has 1 atom stereocenters. The summed E-state index contributed by atoms with van der Waals surface area (Å²) in [4.78, 5) is 2.18. The van der Waals surface area contributed by atoms with Crippen molar-refractivity contribution in [2.45, 2.75) is 38.4 Å². The van der Waals surface area contributed by atoms with Gasteiger partial charge in [0.25, 0.3) is 0 Å². The van der Waals surface area contributed by atoms with Crippen molar-refractivity contribution < 1.29 is 14.9 Å². The van der Waals surface area contributed by atoms with Gasteiger partial charge in [0.05, 0.1) is 24.9 Å². The predicted molar refractivity (Wildman–Crippen MR) is 58.8 cm³/mol. The standard InChI is InChI=1S/C11H23NO3/c1-3-11(14,4-2)9-12-5-6-15-10(7-12)8-13/h10,13-14H,3-9H2,1-2H3. The molecule has 0 saturated carbocycles. The monoisotopic (exact) mass is 217 g/mol. The van der Waals surface area contributed by atoms with E-state index in [2.05, 4.69) is 4.90 Å². The fraction of sp³-hybridized carbons (Fsp3) is 1.00. The van der Waals surface area contributed by atoms with E-state index in [4.69, 9.17) is 9.84 Å². The van der Waals surface area contributed by atoms with Gasteiger partial charge < -0.3 is 14.9 Å². The molecular weight excluding hydrogens is 194 g/mol. The maximum absolute atomic E-state index is 10.2. The van der Waals surface area contributed by atoms with Crippen LogP contribution in [0.2, 0.25) is 0 Å². The minimum Gasteiger partial charge on any atom is -0.394 e. The van der Waals surface area contributed by atoms with Gasteiger partial charge in [-0.1, -0.05) is 13.8 Å². The van der Waals surface area contributed by atoms with E-state index >= 15 is 0 Å². The zero-order chi connectivity index (χ0) is 11.3. The molecule has 90 valence electrons. The van der Waals surface area contributed by atoms with E-state index in [1.165, 1.54) is 0 Å². The Labute approximate surface area is 91.8 Å². The van der Waals surface area contributed by atoms with Gasteiger partial charge in [0, 0.05) is 19.6 Å². The minimum atomic E-state index is -0.586. The summed E-state index contributed by atoms with van der Waals surface area (Å²) >= 11 is 0. The lowest BCUT2D eigenvalue weighted by Crippen LogP contribution is -2.50. The Hall–Kier alpha value is -0.160. The van der Waals surface area contributed by atoms with E-state index in [1.54, 1.807) is 0 Å². The van der Waals surface area contributed by atoms with Crippen LogP contribution in [0.15, 0.2) is 0 Å². The van der Waals surface area contributed by atoms with Crippen LogP contribution in [0.3, 0.4) is 0 Å². The van der Waals surface area contributed by atoms with Crippen molar-refractivity contribution in [3.63, 3.8) is 0 Å². The first-order valence-electron chi connectivity index (χ1n) is 5.80. The molecule has 15 heavy (non-hydrogen) atoms. The van der Waals surface area contributed by atoms with Crippen LogP contribution in [0.25, 0.3) is 0 Å². The molecule has 1 aliphatic heterocycles. The summed E-state index contributed by atoms with van der Waals surface area (Å²) in [5, 5.41) is 19.2. The molecule has 1 fully saturated rings. The van der Waals surface area contributed by atoms with E-state index in [0.29, 0.717) is 13.2 Å². The Morgan fingerprint density at radius 1 is 1.40 bits per heavy atom. The number of rotatable bonds is 5. The lowest BCUT2D eigenvalue weighted by molar-refractivity contribution is -0.0806. The highest BCUT2D eigenvalue weighted by Crippen LogP contribution is 2.18. The number of β-amino-alcohol motifs (C(OH)–C–C–N with tert-alkyl or cyclic N) is 1. The Kier molecular flexibility index (Phi) is 4.99. The van der Waals surface area contributed by atoms with Gasteiger partial charge in [-0.15, -0.1) is 0 Å². The molecule has 4 nitrogen and oxygen atoms in total. The third-order valence-electron chi connectivity index (χ3n) is 3.26. The van der Waals surface area contributed by atoms with Gasteiger partial charge in [-0.3, -0.25) is 4.90 Å². The van der Waals surface area contributed by atoms with E-state index < -0.39 is 5.60 Å². The number of aliphatic hydroxyl groups excluding tert-OH is 1. The van der Waals surface area contributed by atoms with Gasteiger partial charge in [0.1, 0.15) is 0 Å². The highest BCUT2D eigenvalue weighted by Gasteiger charge is 2.28. The van der Waals surface area contributed by atoms with Crippen LogP contribution >= 0.6 is 0 Å². The molecule has 0 aromatic heterocycles. The molecule has 0 aliphatic carbocycles. The second-order valence-electron chi connectivity index (χ2n) is 4.34. The van der Waals surface area contributed by atoms with E-state index in [1.807, 2.05) is 13.8 Å². The molecule has 0 aromatic rings. The molecule has 1 heterocycles. The lowest BCUT2D eigenvalue weighted by atomic mass is 9.96. The number of morpholine rings is 1. The summed E-state index contributed by atoms with van der Waals surface area (Å²) in [7, 11) is 0. The largest absolute Gasteiger partial charge is 0.394 e. The first-order chi connectivity index (χ1) is 7.13. The lowest BCUT2D eigenvalue weighted by Gasteiger charge is -2.37. The highest BCUT2D eigenvalue weighted by molar-refractivity contribution is 4.82. The summed E-state index contributed by atoms with van der Waals surface area (Å²) in [6.07, 6.45) is 1.45. The number of hydrogen-bond donors (Lipinski definition) is 2. The molecule has 0 aromatic carbocycles. The quantitative estimate of drug-likeness (QED) is 0.692. The molecule has 0 bridgehead atoms. The third kappa shape index (κ3) is 3.72. The average molecular weight is 217 g/mol. The summed E-state index contributed by atoms with van der Waals surface area (Å²) in [5.74, 6) is 0. The van der Waals surface area contributed by atoms with Crippen molar-refractivity contribution >= 4 is 0 Å². The molecule has 0 spiro atoms. The minimum absolute atomic E-state index is 0.0627. The van der Waals surface area contributed by atoms with Crippen LogP contribution in [0.5, 0.6) is 0 Å². The first-order valence-corrected chi connectivity index (χ1v) is 5.80. The van der Waals surface area contributed by atoms with Crippen molar-refractivity contribution in [2.75, 3.05) is 32.8 Å². The van der Waals surface area contributed by atoms with Crippen molar-refractivity contribution in [3.05, 3.63) is 0 Å².